The van der Waals surface area contributed by atoms with Gasteiger partial charge in [-0.2, -0.15) is 10.2 Å². The van der Waals surface area contributed by atoms with Crippen LogP contribution in [0, 0.1) is 11.3 Å². The highest BCUT2D eigenvalue weighted by atomic mass is 35.5. The van der Waals surface area contributed by atoms with Gasteiger partial charge in [-0.1, -0.05) is 64.5 Å². The molecular formula is C19H14Cl2N2O2S3. The van der Waals surface area contributed by atoms with E-state index in [4.69, 9.17) is 40.2 Å². The van der Waals surface area contributed by atoms with Crippen LogP contribution in [0.3, 0.4) is 0 Å². The Kier molecular flexibility index (Phi) is 8.67. The molecular weight excluding hydrogens is 455 g/mol. The Morgan fingerprint density at radius 1 is 1.43 bits per heavy atom. The predicted molar refractivity (Wildman–Crippen MR) is 123 cm³/mol. The first-order chi connectivity index (χ1) is 13.4. The fourth-order valence-corrected chi connectivity index (χ4v) is 3.62. The molecule has 4 nitrogen and oxygen atoms in total. The smallest absolute Gasteiger partial charge is 0.279 e. The van der Waals surface area contributed by atoms with Crippen molar-refractivity contribution in [2.45, 2.75) is 13.3 Å². The first kappa shape index (κ1) is 22.6. The summed E-state index contributed by atoms with van der Waals surface area (Å²) < 4.78 is 5.96. The highest BCUT2D eigenvalue weighted by Crippen LogP contribution is 2.32. The SMILES string of the molecule is C/C=C(Cl)\C=C(\C#N)Cc1c(OC(=S)SC)sc(-c2ccc(Cl)cc2)nc1=O. The second-order valence-electron chi connectivity index (χ2n) is 5.28. The van der Waals surface area contributed by atoms with Crippen LogP contribution in [-0.2, 0) is 6.42 Å². The van der Waals surface area contributed by atoms with Crippen molar-refractivity contribution in [3.63, 3.8) is 0 Å². The van der Waals surface area contributed by atoms with E-state index >= 15 is 0 Å². The Balaban J connectivity index is 2.56. The molecule has 2 rings (SSSR count). The summed E-state index contributed by atoms with van der Waals surface area (Å²) in [6, 6.07) is 9.02. The maximum atomic E-state index is 12.7. The lowest BCUT2D eigenvalue weighted by molar-refractivity contribution is 0.586. The molecule has 28 heavy (non-hydrogen) atoms. The molecule has 0 saturated carbocycles. The predicted octanol–water partition coefficient (Wildman–Crippen LogP) is 5.99. The molecule has 0 aliphatic rings. The van der Waals surface area contributed by atoms with E-state index in [1.165, 1.54) is 29.2 Å². The van der Waals surface area contributed by atoms with E-state index in [1.54, 1.807) is 43.5 Å². The topological polar surface area (TPSA) is 63.0 Å². The van der Waals surface area contributed by atoms with Crippen LogP contribution in [0.15, 0.2) is 51.8 Å². The van der Waals surface area contributed by atoms with Crippen molar-refractivity contribution in [2.75, 3.05) is 6.26 Å². The molecule has 0 spiro atoms. The van der Waals surface area contributed by atoms with E-state index < -0.39 is 5.56 Å². The minimum atomic E-state index is -0.486. The average molecular weight is 469 g/mol. The number of hydrogen-bond donors (Lipinski definition) is 0. The lowest BCUT2D eigenvalue weighted by atomic mass is 10.1. The van der Waals surface area contributed by atoms with Gasteiger partial charge >= 0.3 is 0 Å². The van der Waals surface area contributed by atoms with Crippen molar-refractivity contribution in [2.24, 2.45) is 0 Å². The van der Waals surface area contributed by atoms with Crippen LogP contribution in [0.5, 0.6) is 5.06 Å². The summed E-state index contributed by atoms with van der Waals surface area (Å²) >= 11 is 19.5. The summed E-state index contributed by atoms with van der Waals surface area (Å²) in [4.78, 5) is 16.9. The van der Waals surface area contributed by atoms with E-state index in [0.717, 1.165) is 5.56 Å². The maximum absolute atomic E-state index is 12.7. The molecule has 0 aliphatic heterocycles. The van der Waals surface area contributed by atoms with E-state index in [9.17, 15) is 10.1 Å². The average Bonchev–Trinajstić information content (AvgIpc) is 2.69. The van der Waals surface area contributed by atoms with Crippen LogP contribution in [-0.4, -0.2) is 15.6 Å². The molecule has 2 aromatic rings. The zero-order chi connectivity index (χ0) is 20.7. The number of ether oxygens (including phenoxy) is 1. The van der Waals surface area contributed by atoms with Gasteiger partial charge in [-0.25, -0.2) is 0 Å². The summed E-state index contributed by atoms with van der Waals surface area (Å²) in [5, 5.41) is 11.2. The van der Waals surface area contributed by atoms with Crippen LogP contribution in [0.25, 0.3) is 10.6 Å². The van der Waals surface area contributed by atoms with E-state index in [-0.39, 0.29) is 16.4 Å². The third-order valence-corrected chi connectivity index (χ3v) is 6.04. The van der Waals surface area contributed by atoms with Crippen molar-refractivity contribution in [3.8, 4) is 21.7 Å². The van der Waals surface area contributed by atoms with Crippen molar-refractivity contribution in [1.29, 1.82) is 5.26 Å². The van der Waals surface area contributed by atoms with Crippen molar-refractivity contribution in [3.05, 3.63) is 68.0 Å². The number of thioether (sulfide) groups is 1. The number of rotatable bonds is 5. The minimum Gasteiger partial charge on any atom is -0.429 e. The number of halogens is 2. The molecule has 0 bridgehead atoms. The fourth-order valence-electron chi connectivity index (χ4n) is 2.05. The van der Waals surface area contributed by atoms with Gasteiger partial charge in [-0.05, 0) is 43.6 Å². The first-order valence-corrected chi connectivity index (χ1v) is 11.1. The van der Waals surface area contributed by atoms with Gasteiger partial charge in [0.25, 0.3) is 5.56 Å². The van der Waals surface area contributed by atoms with Crippen LogP contribution >= 0.6 is 58.5 Å². The summed E-state index contributed by atoms with van der Waals surface area (Å²) in [6.45, 7) is 1.75. The monoisotopic (exact) mass is 468 g/mol. The Hall–Kier alpha value is -1.69. The fraction of sp³-hybridized carbons (Fsp3) is 0.158. The van der Waals surface area contributed by atoms with Gasteiger partial charge < -0.3 is 4.74 Å². The number of benzene rings is 1. The van der Waals surface area contributed by atoms with Gasteiger partial charge in [0, 0.05) is 27.6 Å². The van der Waals surface area contributed by atoms with Crippen molar-refractivity contribution < 1.29 is 4.74 Å². The Morgan fingerprint density at radius 2 is 2.11 bits per heavy atom. The highest BCUT2D eigenvalue weighted by molar-refractivity contribution is 8.22. The second-order valence-corrected chi connectivity index (χ2v) is 8.53. The molecule has 1 heterocycles. The Labute approximate surface area is 186 Å². The lowest BCUT2D eigenvalue weighted by Gasteiger charge is -2.10. The zero-order valence-corrected chi connectivity index (χ0v) is 18.8. The summed E-state index contributed by atoms with van der Waals surface area (Å²) in [5.74, 6) is 0. The normalized spacial score (nSPS) is 11.8. The van der Waals surface area contributed by atoms with E-state index in [1.807, 2.05) is 0 Å². The summed E-state index contributed by atoms with van der Waals surface area (Å²) in [7, 11) is 0. The third kappa shape index (κ3) is 6.16. The third-order valence-electron chi connectivity index (χ3n) is 3.43. The molecule has 0 unspecified atom stereocenters. The lowest BCUT2D eigenvalue weighted by Crippen LogP contribution is -2.16. The van der Waals surface area contributed by atoms with Gasteiger partial charge in [0.1, 0.15) is 5.01 Å². The quantitative estimate of drug-likeness (QED) is 0.305. The number of hydrogen-bond acceptors (Lipinski definition) is 7. The number of nitrogens with zero attached hydrogens (tertiary/aromatic N) is 2. The molecule has 0 atom stereocenters. The Morgan fingerprint density at radius 3 is 2.68 bits per heavy atom. The van der Waals surface area contributed by atoms with Gasteiger partial charge in [-0.15, -0.1) is 0 Å². The molecule has 144 valence electrons. The largest absolute Gasteiger partial charge is 0.429 e. The molecule has 0 aliphatic carbocycles. The summed E-state index contributed by atoms with van der Waals surface area (Å²) in [5.41, 5.74) is 0.812. The zero-order valence-electron chi connectivity index (χ0n) is 14.9. The van der Waals surface area contributed by atoms with Crippen LogP contribution in [0.4, 0.5) is 0 Å². The van der Waals surface area contributed by atoms with Gasteiger partial charge in [0.2, 0.25) is 4.38 Å². The molecule has 0 fully saturated rings. The van der Waals surface area contributed by atoms with E-state index in [0.29, 0.717) is 25.7 Å². The standard InChI is InChI=1S/C19H14Cl2N2O2S3/c1-3-13(20)8-11(10-22)9-15-16(24)23-17(12-4-6-14(21)7-5-12)28-18(15)25-19(26)27-2/h3-8H,9H2,1-2H3/b11-8+,13-3+. The van der Waals surface area contributed by atoms with Crippen LogP contribution in [0.2, 0.25) is 5.02 Å². The molecule has 9 heteroatoms. The molecule has 0 radical (unpaired) electrons. The number of allylic oxidation sites excluding steroid dienone is 4. The molecule has 0 saturated heterocycles. The summed E-state index contributed by atoms with van der Waals surface area (Å²) in [6.07, 6.45) is 4.98. The maximum Gasteiger partial charge on any atom is 0.279 e. The highest BCUT2D eigenvalue weighted by Gasteiger charge is 2.18. The second kappa shape index (κ2) is 10.7. The van der Waals surface area contributed by atoms with Crippen LogP contribution in [0.1, 0.15) is 12.5 Å². The van der Waals surface area contributed by atoms with Crippen molar-refractivity contribution in [1.82, 2.24) is 4.98 Å². The Bertz CT molecular complexity index is 1040. The number of nitriles is 1. The first-order valence-electron chi connectivity index (χ1n) is 7.86. The van der Waals surface area contributed by atoms with Gasteiger partial charge in [-0.3, -0.25) is 4.79 Å². The molecule has 1 aromatic carbocycles. The van der Waals surface area contributed by atoms with E-state index in [2.05, 4.69) is 11.1 Å². The van der Waals surface area contributed by atoms with Crippen molar-refractivity contribution >= 4 is 62.9 Å². The molecule has 0 amide bonds. The number of aromatic nitrogens is 1. The number of thiocarbonyl (C=S) groups is 1. The van der Waals surface area contributed by atoms with Gasteiger partial charge in [0.15, 0.2) is 5.06 Å². The molecule has 0 N–H and O–H groups in total. The molecule has 1 aromatic heterocycles. The minimum absolute atomic E-state index is 0.0378. The van der Waals surface area contributed by atoms with Gasteiger partial charge in [0.05, 0.1) is 11.6 Å². The van der Waals surface area contributed by atoms with Crippen LogP contribution < -0.4 is 10.3 Å².